The molecular weight excluding hydrogens is 284 g/mol. The Kier molecular flexibility index (Phi) is 4.15. The molecule has 1 atom stereocenters. The maximum atomic E-state index is 12.3. The first-order valence-corrected chi connectivity index (χ1v) is 7.84. The molecular formula is C17H16O3S. The van der Waals surface area contributed by atoms with Crippen LogP contribution in [0.1, 0.15) is 12.5 Å². The van der Waals surface area contributed by atoms with Gasteiger partial charge in [-0.2, -0.15) is 0 Å². The monoisotopic (exact) mass is 300 g/mol. The summed E-state index contributed by atoms with van der Waals surface area (Å²) >= 11 is 1.57. The number of hydrogen-bond donors (Lipinski definition) is 0. The molecule has 0 aliphatic carbocycles. The number of para-hydroxylation sites is 2. The lowest BCUT2D eigenvalue weighted by Gasteiger charge is -2.12. The van der Waals surface area contributed by atoms with E-state index in [1.54, 1.807) is 17.8 Å². The second-order valence-corrected chi connectivity index (χ2v) is 5.96. The Labute approximate surface area is 128 Å². The highest BCUT2D eigenvalue weighted by atomic mass is 32.2. The first-order chi connectivity index (χ1) is 10.3. The predicted molar refractivity (Wildman–Crippen MR) is 83.0 cm³/mol. The van der Waals surface area contributed by atoms with E-state index in [1.807, 2.05) is 43.3 Å². The van der Waals surface area contributed by atoms with Crippen molar-refractivity contribution < 1.29 is 14.3 Å². The Bertz CT molecular complexity index is 629. The van der Waals surface area contributed by atoms with Gasteiger partial charge in [-0.3, -0.25) is 4.79 Å². The molecule has 21 heavy (non-hydrogen) atoms. The van der Waals surface area contributed by atoms with Crippen molar-refractivity contribution in [3.63, 3.8) is 0 Å². The van der Waals surface area contributed by atoms with Crippen LogP contribution < -0.4 is 9.47 Å². The van der Waals surface area contributed by atoms with Crippen LogP contribution >= 0.6 is 11.8 Å². The molecule has 2 aromatic carbocycles. The minimum absolute atomic E-state index is 0.183. The summed E-state index contributed by atoms with van der Waals surface area (Å²) < 4.78 is 11.0. The van der Waals surface area contributed by atoms with Crippen molar-refractivity contribution in [3.8, 4) is 11.5 Å². The molecule has 3 nitrogen and oxygen atoms in total. The number of fused-ring (bicyclic) bond motifs is 1. The van der Waals surface area contributed by atoms with Gasteiger partial charge in [0.2, 0.25) is 0 Å². The normalized spacial score (nSPS) is 16.3. The fourth-order valence-electron chi connectivity index (χ4n) is 2.30. The highest BCUT2D eigenvalue weighted by Crippen LogP contribution is 2.38. The van der Waals surface area contributed by atoms with Crippen LogP contribution in [0, 0.1) is 0 Å². The van der Waals surface area contributed by atoms with Crippen LogP contribution in [-0.4, -0.2) is 17.8 Å². The lowest BCUT2D eigenvalue weighted by atomic mass is 10.1. The molecule has 1 heterocycles. The fraction of sp³-hybridized carbons (Fsp3) is 0.235. The SMILES string of the molecule is CCOc1ccccc1OC(=O)C1Cc2ccccc2S1. The summed E-state index contributed by atoms with van der Waals surface area (Å²) in [6.45, 7) is 2.44. The maximum Gasteiger partial charge on any atom is 0.325 e. The Morgan fingerprint density at radius 2 is 1.86 bits per heavy atom. The number of esters is 1. The van der Waals surface area contributed by atoms with Crippen molar-refractivity contribution in [1.82, 2.24) is 0 Å². The van der Waals surface area contributed by atoms with Crippen molar-refractivity contribution in [2.45, 2.75) is 23.5 Å². The Balaban J connectivity index is 1.71. The van der Waals surface area contributed by atoms with Crippen LogP contribution in [0.25, 0.3) is 0 Å². The largest absolute Gasteiger partial charge is 0.490 e. The molecule has 1 aliphatic rings. The number of rotatable bonds is 4. The number of carbonyl (C=O) groups excluding carboxylic acids is 1. The number of hydrogen-bond acceptors (Lipinski definition) is 4. The number of thioether (sulfide) groups is 1. The summed E-state index contributed by atoms with van der Waals surface area (Å²) in [6.07, 6.45) is 0.719. The Morgan fingerprint density at radius 3 is 2.62 bits per heavy atom. The van der Waals surface area contributed by atoms with Crippen LogP contribution in [0.5, 0.6) is 11.5 Å². The smallest absolute Gasteiger partial charge is 0.325 e. The summed E-state index contributed by atoms with van der Waals surface area (Å²) in [5.41, 5.74) is 1.21. The zero-order valence-corrected chi connectivity index (χ0v) is 12.6. The highest BCUT2D eigenvalue weighted by Gasteiger charge is 2.30. The minimum Gasteiger partial charge on any atom is -0.490 e. The van der Waals surface area contributed by atoms with Gasteiger partial charge < -0.3 is 9.47 Å². The van der Waals surface area contributed by atoms with Gasteiger partial charge in [-0.15, -0.1) is 11.8 Å². The van der Waals surface area contributed by atoms with Gasteiger partial charge in [0.25, 0.3) is 0 Å². The van der Waals surface area contributed by atoms with Gasteiger partial charge in [0.1, 0.15) is 5.25 Å². The molecule has 0 aromatic heterocycles. The zero-order valence-electron chi connectivity index (χ0n) is 11.7. The summed E-state index contributed by atoms with van der Waals surface area (Å²) in [5.74, 6) is 0.873. The van der Waals surface area contributed by atoms with E-state index in [2.05, 4.69) is 6.07 Å². The summed E-state index contributed by atoms with van der Waals surface area (Å²) in [6, 6.07) is 15.4. The molecule has 0 spiro atoms. The van der Waals surface area contributed by atoms with Crippen molar-refractivity contribution in [1.29, 1.82) is 0 Å². The summed E-state index contributed by atoms with van der Waals surface area (Å²) in [5, 5.41) is -0.183. The topological polar surface area (TPSA) is 35.5 Å². The van der Waals surface area contributed by atoms with Crippen LogP contribution in [0.3, 0.4) is 0 Å². The molecule has 0 saturated heterocycles. The molecule has 1 aliphatic heterocycles. The standard InChI is InChI=1S/C17H16O3S/c1-2-19-13-8-4-5-9-14(13)20-17(18)16-11-12-7-3-6-10-15(12)21-16/h3-10,16H,2,11H2,1H3. The Hall–Kier alpha value is -1.94. The zero-order chi connectivity index (χ0) is 14.7. The molecule has 1 unspecified atom stereocenters. The molecule has 3 rings (SSSR count). The van der Waals surface area contributed by atoms with Gasteiger partial charge in [-0.05, 0) is 37.1 Å². The van der Waals surface area contributed by atoms with Crippen LogP contribution in [0.2, 0.25) is 0 Å². The third kappa shape index (κ3) is 3.05. The van der Waals surface area contributed by atoms with Crippen molar-refractivity contribution >= 4 is 17.7 Å². The molecule has 0 saturated carbocycles. The number of carbonyl (C=O) groups is 1. The van der Waals surface area contributed by atoms with E-state index in [0.29, 0.717) is 18.1 Å². The van der Waals surface area contributed by atoms with E-state index in [4.69, 9.17) is 9.47 Å². The third-order valence-electron chi connectivity index (χ3n) is 3.27. The van der Waals surface area contributed by atoms with Crippen LogP contribution in [0.15, 0.2) is 53.4 Å². The van der Waals surface area contributed by atoms with Gasteiger partial charge >= 0.3 is 5.97 Å². The van der Waals surface area contributed by atoms with Crippen molar-refractivity contribution in [2.75, 3.05) is 6.61 Å². The fourth-order valence-corrected chi connectivity index (χ4v) is 3.47. The van der Waals surface area contributed by atoms with Gasteiger partial charge in [0.15, 0.2) is 11.5 Å². The molecule has 0 fully saturated rings. The van der Waals surface area contributed by atoms with Gasteiger partial charge in [-0.25, -0.2) is 0 Å². The molecule has 2 aromatic rings. The van der Waals surface area contributed by atoms with Gasteiger partial charge in [-0.1, -0.05) is 30.3 Å². The lowest BCUT2D eigenvalue weighted by molar-refractivity contribution is -0.133. The second kappa shape index (κ2) is 6.22. The van der Waals surface area contributed by atoms with Crippen LogP contribution in [-0.2, 0) is 11.2 Å². The molecule has 4 heteroatoms. The lowest BCUT2D eigenvalue weighted by Crippen LogP contribution is -2.22. The summed E-state index contributed by atoms with van der Waals surface area (Å²) in [7, 11) is 0. The van der Waals surface area contributed by atoms with E-state index in [-0.39, 0.29) is 11.2 Å². The molecule has 0 bridgehead atoms. The summed E-state index contributed by atoms with van der Waals surface area (Å²) in [4.78, 5) is 13.5. The Morgan fingerprint density at radius 1 is 1.14 bits per heavy atom. The maximum absolute atomic E-state index is 12.3. The van der Waals surface area contributed by atoms with E-state index < -0.39 is 0 Å². The van der Waals surface area contributed by atoms with E-state index >= 15 is 0 Å². The number of ether oxygens (including phenoxy) is 2. The van der Waals surface area contributed by atoms with Crippen LogP contribution in [0.4, 0.5) is 0 Å². The van der Waals surface area contributed by atoms with E-state index in [1.165, 1.54) is 5.56 Å². The first kappa shape index (κ1) is 14.0. The number of benzene rings is 2. The van der Waals surface area contributed by atoms with Gasteiger partial charge in [0.05, 0.1) is 6.61 Å². The molecule has 0 radical (unpaired) electrons. The molecule has 0 N–H and O–H groups in total. The average molecular weight is 300 g/mol. The third-order valence-corrected chi connectivity index (χ3v) is 4.57. The highest BCUT2D eigenvalue weighted by molar-refractivity contribution is 8.01. The van der Waals surface area contributed by atoms with E-state index in [0.717, 1.165) is 11.3 Å². The average Bonchev–Trinajstić information content (AvgIpc) is 2.93. The van der Waals surface area contributed by atoms with Gasteiger partial charge in [0, 0.05) is 4.90 Å². The second-order valence-electron chi connectivity index (χ2n) is 4.72. The molecule has 0 amide bonds. The first-order valence-electron chi connectivity index (χ1n) is 6.96. The van der Waals surface area contributed by atoms with Crippen molar-refractivity contribution in [3.05, 3.63) is 54.1 Å². The van der Waals surface area contributed by atoms with Crippen molar-refractivity contribution in [2.24, 2.45) is 0 Å². The quantitative estimate of drug-likeness (QED) is 0.637. The van der Waals surface area contributed by atoms with E-state index in [9.17, 15) is 4.79 Å². The minimum atomic E-state index is -0.219. The predicted octanol–water partition coefficient (Wildman–Crippen LogP) is 3.71. The molecule has 108 valence electrons.